The van der Waals surface area contributed by atoms with Gasteiger partial charge in [0.05, 0.1) is 0 Å². The van der Waals surface area contributed by atoms with E-state index in [-0.39, 0.29) is 9.64 Å². The number of hydrogen-bond acceptors (Lipinski definition) is 2. The number of carbonyl (C=O) groups is 2. The van der Waals surface area contributed by atoms with Crippen LogP contribution < -0.4 is 10.6 Å². The molecule has 80 valence electrons. The highest BCUT2D eigenvalue weighted by Gasteiger charge is 2.50. The molecule has 0 aromatic heterocycles. The standard InChI is InChI=1S/C8H12Br2N2O2/c1-4(2)3-8(5(9)10)6(13)11-7(14)12-8/h4-5H,3H2,1-2H3,(H2,11,12,13,14). The van der Waals surface area contributed by atoms with Gasteiger partial charge in [0.1, 0.15) is 9.28 Å². The predicted molar refractivity (Wildman–Crippen MR) is 60.5 cm³/mol. The molecule has 1 atom stereocenters. The van der Waals surface area contributed by atoms with Crippen LogP contribution >= 0.6 is 31.9 Å². The van der Waals surface area contributed by atoms with E-state index in [1.54, 1.807) is 0 Å². The summed E-state index contributed by atoms with van der Waals surface area (Å²) in [7, 11) is 0. The van der Waals surface area contributed by atoms with Gasteiger partial charge in [0, 0.05) is 0 Å². The molecule has 6 heteroatoms. The van der Waals surface area contributed by atoms with Gasteiger partial charge in [-0.3, -0.25) is 10.1 Å². The number of hydrogen-bond donors (Lipinski definition) is 2. The fourth-order valence-electron chi connectivity index (χ4n) is 1.54. The van der Waals surface area contributed by atoms with Crippen LogP contribution in [0.15, 0.2) is 0 Å². The molecule has 0 radical (unpaired) electrons. The largest absolute Gasteiger partial charge is 0.322 e. The maximum Gasteiger partial charge on any atom is 0.322 e. The van der Waals surface area contributed by atoms with Gasteiger partial charge in [-0.15, -0.1) is 0 Å². The lowest BCUT2D eigenvalue weighted by Crippen LogP contribution is -2.52. The van der Waals surface area contributed by atoms with Crippen molar-refractivity contribution >= 4 is 43.8 Å². The number of imide groups is 1. The summed E-state index contributed by atoms with van der Waals surface area (Å²) in [5, 5.41) is 4.90. The lowest BCUT2D eigenvalue weighted by Gasteiger charge is -2.29. The first-order valence-corrected chi connectivity index (χ1v) is 6.13. The van der Waals surface area contributed by atoms with Gasteiger partial charge in [0.25, 0.3) is 5.91 Å². The Morgan fingerprint density at radius 3 is 2.21 bits per heavy atom. The minimum atomic E-state index is -0.870. The molecular formula is C8H12Br2N2O2. The maximum atomic E-state index is 11.6. The number of amides is 3. The van der Waals surface area contributed by atoms with Crippen molar-refractivity contribution in [2.45, 2.75) is 29.5 Å². The smallest absolute Gasteiger partial charge is 0.321 e. The lowest BCUT2D eigenvalue weighted by molar-refractivity contribution is -0.123. The van der Waals surface area contributed by atoms with E-state index in [4.69, 9.17) is 0 Å². The topological polar surface area (TPSA) is 58.2 Å². The molecule has 1 saturated heterocycles. The quantitative estimate of drug-likeness (QED) is 0.612. The van der Waals surface area contributed by atoms with Gasteiger partial charge in [-0.1, -0.05) is 45.7 Å². The lowest BCUT2D eigenvalue weighted by atomic mass is 9.91. The van der Waals surface area contributed by atoms with E-state index in [0.717, 1.165) is 0 Å². The molecule has 1 aliphatic rings. The third-order valence-corrected chi connectivity index (χ3v) is 3.63. The minimum Gasteiger partial charge on any atom is -0.321 e. The van der Waals surface area contributed by atoms with Crippen molar-refractivity contribution in [3.05, 3.63) is 0 Å². The summed E-state index contributed by atoms with van der Waals surface area (Å²) < 4.78 is -0.267. The molecule has 1 fully saturated rings. The molecule has 1 unspecified atom stereocenters. The number of halogens is 2. The highest BCUT2D eigenvalue weighted by molar-refractivity contribution is 9.24. The average Bonchev–Trinajstić information content (AvgIpc) is 2.26. The van der Waals surface area contributed by atoms with Crippen LogP contribution in [0.5, 0.6) is 0 Å². The Morgan fingerprint density at radius 1 is 1.36 bits per heavy atom. The Labute approximate surface area is 99.4 Å². The van der Waals surface area contributed by atoms with E-state index < -0.39 is 11.6 Å². The molecule has 0 bridgehead atoms. The molecule has 3 amide bonds. The van der Waals surface area contributed by atoms with Crippen molar-refractivity contribution in [3.63, 3.8) is 0 Å². The van der Waals surface area contributed by atoms with E-state index in [9.17, 15) is 9.59 Å². The van der Waals surface area contributed by atoms with Gasteiger partial charge < -0.3 is 5.32 Å². The maximum absolute atomic E-state index is 11.6. The summed E-state index contributed by atoms with van der Waals surface area (Å²) in [5.74, 6) is 0.0340. The van der Waals surface area contributed by atoms with E-state index in [1.165, 1.54) is 0 Å². The molecule has 1 rings (SSSR count). The molecule has 0 aromatic carbocycles. The number of rotatable bonds is 3. The third kappa shape index (κ3) is 2.11. The van der Waals surface area contributed by atoms with E-state index in [2.05, 4.69) is 42.5 Å². The molecule has 0 saturated carbocycles. The SMILES string of the molecule is CC(C)CC1(C(Br)Br)NC(=O)NC1=O. The Hall–Kier alpha value is -0.100. The summed E-state index contributed by atoms with van der Waals surface area (Å²) in [4.78, 5) is 22.7. The van der Waals surface area contributed by atoms with Crippen LogP contribution in [0.4, 0.5) is 4.79 Å². The van der Waals surface area contributed by atoms with Gasteiger partial charge in [-0.2, -0.15) is 0 Å². The molecule has 1 heterocycles. The fourth-order valence-corrected chi connectivity index (χ4v) is 2.55. The second-order valence-electron chi connectivity index (χ2n) is 3.78. The molecule has 2 N–H and O–H groups in total. The second kappa shape index (κ2) is 4.18. The van der Waals surface area contributed by atoms with Crippen molar-refractivity contribution in [1.29, 1.82) is 0 Å². The minimum absolute atomic E-state index is 0.267. The van der Waals surface area contributed by atoms with Crippen molar-refractivity contribution in [1.82, 2.24) is 10.6 Å². The summed E-state index contributed by atoms with van der Waals surface area (Å²) in [6, 6.07) is -0.431. The zero-order chi connectivity index (χ0) is 10.9. The van der Waals surface area contributed by atoms with E-state index in [1.807, 2.05) is 13.8 Å². The van der Waals surface area contributed by atoms with Crippen LogP contribution in [-0.2, 0) is 4.79 Å². The first-order valence-electron chi connectivity index (χ1n) is 4.30. The molecule has 4 nitrogen and oxygen atoms in total. The number of carbonyl (C=O) groups excluding carboxylic acids is 2. The predicted octanol–water partition coefficient (Wildman–Crippen LogP) is 1.73. The molecule has 0 spiro atoms. The Kier molecular flexibility index (Phi) is 3.58. The summed E-state index contributed by atoms with van der Waals surface area (Å²) in [6.45, 7) is 4.00. The highest BCUT2D eigenvalue weighted by Crippen LogP contribution is 2.32. The van der Waals surface area contributed by atoms with E-state index in [0.29, 0.717) is 12.3 Å². The molecule has 0 aromatic rings. The van der Waals surface area contributed by atoms with Crippen molar-refractivity contribution in [3.8, 4) is 0 Å². The van der Waals surface area contributed by atoms with Crippen LogP contribution in [0.2, 0.25) is 0 Å². The summed E-state index contributed by atoms with van der Waals surface area (Å²) >= 11 is 6.59. The Morgan fingerprint density at radius 2 is 1.93 bits per heavy atom. The van der Waals surface area contributed by atoms with Crippen LogP contribution in [-0.4, -0.2) is 21.2 Å². The van der Waals surface area contributed by atoms with Crippen molar-refractivity contribution in [2.24, 2.45) is 5.92 Å². The number of nitrogens with one attached hydrogen (secondary N) is 2. The fraction of sp³-hybridized carbons (Fsp3) is 0.750. The van der Waals surface area contributed by atoms with Crippen molar-refractivity contribution < 1.29 is 9.59 Å². The second-order valence-corrected chi connectivity index (χ2v) is 6.84. The summed E-state index contributed by atoms with van der Waals surface area (Å²) in [6.07, 6.45) is 0.589. The van der Waals surface area contributed by atoms with Gasteiger partial charge in [-0.05, 0) is 12.3 Å². The van der Waals surface area contributed by atoms with Gasteiger partial charge in [0.2, 0.25) is 0 Å². The molecule has 14 heavy (non-hydrogen) atoms. The average molecular weight is 328 g/mol. The Bertz CT molecular complexity index is 268. The molecule has 1 aliphatic heterocycles. The van der Waals surface area contributed by atoms with Crippen LogP contribution in [0.25, 0.3) is 0 Å². The monoisotopic (exact) mass is 326 g/mol. The third-order valence-electron chi connectivity index (χ3n) is 2.07. The zero-order valence-corrected chi connectivity index (χ0v) is 11.1. The Balaban J connectivity index is 2.93. The molecule has 0 aliphatic carbocycles. The highest BCUT2D eigenvalue weighted by atomic mass is 79.9. The van der Waals surface area contributed by atoms with Gasteiger partial charge >= 0.3 is 6.03 Å². The molecular weight excluding hydrogens is 316 g/mol. The number of urea groups is 1. The van der Waals surface area contributed by atoms with E-state index >= 15 is 0 Å². The van der Waals surface area contributed by atoms with Crippen molar-refractivity contribution in [2.75, 3.05) is 0 Å². The van der Waals surface area contributed by atoms with Crippen LogP contribution in [0, 0.1) is 5.92 Å². The number of alkyl halides is 2. The van der Waals surface area contributed by atoms with Gasteiger partial charge in [-0.25, -0.2) is 4.79 Å². The summed E-state index contributed by atoms with van der Waals surface area (Å²) in [5.41, 5.74) is -0.870. The zero-order valence-electron chi connectivity index (χ0n) is 7.93. The van der Waals surface area contributed by atoms with Crippen LogP contribution in [0.3, 0.4) is 0 Å². The van der Waals surface area contributed by atoms with Gasteiger partial charge in [0.15, 0.2) is 0 Å². The first-order chi connectivity index (χ1) is 6.38. The normalized spacial score (nSPS) is 27.0. The first kappa shape index (κ1) is 12.0. The van der Waals surface area contributed by atoms with Crippen LogP contribution in [0.1, 0.15) is 20.3 Å².